The molecule has 0 amide bonds. The molecule has 0 unspecified atom stereocenters. The molecule has 1 aliphatic rings. The van der Waals surface area contributed by atoms with Crippen LogP contribution in [0.15, 0.2) is 93.6 Å². The molecule has 0 aromatic heterocycles. The first-order valence-electron chi connectivity index (χ1n) is 7.90. The molecule has 25 heavy (non-hydrogen) atoms. The zero-order chi connectivity index (χ0) is 17.6. The predicted molar refractivity (Wildman–Crippen MR) is 104 cm³/mol. The lowest BCUT2D eigenvalue weighted by atomic mass is 10.1. The second kappa shape index (κ2) is 7.40. The van der Waals surface area contributed by atoms with Gasteiger partial charge in [-0.3, -0.25) is 0 Å². The molecule has 2 aromatic rings. The van der Waals surface area contributed by atoms with Gasteiger partial charge in [0.05, 0.1) is 5.71 Å². The second-order valence-electron chi connectivity index (χ2n) is 5.56. The summed E-state index contributed by atoms with van der Waals surface area (Å²) in [5.41, 5.74) is 16.0. The Balaban J connectivity index is 1.90. The Hall–Kier alpha value is -3.47. The van der Waals surface area contributed by atoms with Crippen molar-refractivity contribution in [2.75, 3.05) is 0 Å². The van der Waals surface area contributed by atoms with E-state index in [0.717, 1.165) is 16.8 Å². The fourth-order valence-corrected chi connectivity index (χ4v) is 2.37. The van der Waals surface area contributed by atoms with Gasteiger partial charge in [0, 0.05) is 5.56 Å². The van der Waals surface area contributed by atoms with Crippen molar-refractivity contribution in [2.24, 2.45) is 26.7 Å². The number of hydrogen-bond acceptors (Lipinski definition) is 2. The second-order valence-corrected chi connectivity index (χ2v) is 5.56. The van der Waals surface area contributed by atoms with Crippen molar-refractivity contribution in [1.82, 2.24) is 0 Å². The molecule has 0 heterocycles. The molecule has 124 valence electrons. The van der Waals surface area contributed by atoms with Gasteiger partial charge < -0.3 is 11.5 Å². The molecule has 5 nitrogen and oxygen atoms in total. The minimum absolute atomic E-state index is 0.0932. The van der Waals surface area contributed by atoms with E-state index in [-0.39, 0.29) is 5.96 Å². The van der Waals surface area contributed by atoms with Crippen molar-refractivity contribution in [3.8, 4) is 0 Å². The van der Waals surface area contributed by atoms with Gasteiger partial charge in [-0.2, -0.15) is 0 Å². The first kappa shape index (κ1) is 16.4. The van der Waals surface area contributed by atoms with Crippen LogP contribution in [0, 0.1) is 0 Å². The summed E-state index contributed by atoms with van der Waals surface area (Å²) in [5, 5.41) is 7.56. The molecule has 0 saturated carbocycles. The van der Waals surface area contributed by atoms with Crippen LogP contribution in [0.5, 0.6) is 0 Å². The van der Waals surface area contributed by atoms with Crippen LogP contribution < -0.4 is 11.5 Å². The normalized spacial score (nSPS) is 15.7. The van der Waals surface area contributed by atoms with E-state index in [1.54, 1.807) is 6.92 Å². The Kier molecular flexibility index (Phi) is 4.85. The summed E-state index contributed by atoms with van der Waals surface area (Å²) < 4.78 is 0. The monoisotopic (exact) mass is 329 g/mol. The van der Waals surface area contributed by atoms with Gasteiger partial charge in [-0.15, -0.1) is 10.2 Å². The van der Waals surface area contributed by atoms with E-state index in [1.807, 2.05) is 54.6 Å². The van der Waals surface area contributed by atoms with Crippen LogP contribution in [-0.2, 0) is 0 Å². The van der Waals surface area contributed by atoms with Crippen LogP contribution in [0.1, 0.15) is 18.1 Å². The Morgan fingerprint density at radius 2 is 1.52 bits per heavy atom. The van der Waals surface area contributed by atoms with E-state index in [0.29, 0.717) is 5.84 Å². The van der Waals surface area contributed by atoms with Crippen molar-refractivity contribution in [1.29, 1.82) is 0 Å². The van der Waals surface area contributed by atoms with Gasteiger partial charge in [0.2, 0.25) is 5.96 Å². The fraction of sp³-hybridized carbons (Fsp3) is 0.0500. The van der Waals surface area contributed by atoms with Crippen LogP contribution in [-0.4, -0.2) is 17.5 Å². The summed E-state index contributed by atoms with van der Waals surface area (Å²) in [7, 11) is 0. The lowest BCUT2D eigenvalue weighted by Gasteiger charge is -2.02. The van der Waals surface area contributed by atoms with E-state index in [1.165, 1.54) is 11.1 Å². The average molecular weight is 329 g/mol. The number of allylic oxidation sites excluding steroid dienone is 4. The number of nitrogens with two attached hydrogens (primary N) is 2. The van der Waals surface area contributed by atoms with Gasteiger partial charge >= 0.3 is 0 Å². The van der Waals surface area contributed by atoms with Crippen LogP contribution in [0.4, 0.5) is 0 Å². The highest BCUT2D eigenvalue weighted by molar-refractivity contribution is 6.17. The topological polar surface area (TPSA) is 89.1 Å². The molecular weight excluding hydrogens is 310 g/mol. The van der Waals surface area contributed by atoms with Crippen molar-refractivity contribution in [3.05, 3.63) is 89.5 Å². The van der Waals surface area contributed by atoms with Crippen LogP contribution in [0.25, 0.3) is 5.57 Å². The van der Waals surface area contributed by atoms with Crippen LogP contribution in [0.2, 0.25) is 0 Å². The third-order valence-electron chi connectivity index (χ3n) is 3.57. The Bertz CT molecular complexity index is 900. The molecule has 0 radical (unpaired) electrons. The minimum atomic E-state index is -0.0932. The highest BCUT2D eigenvalue weighted by Gasteiger charge is 2.19. The van der Waals surface area contributed by atoms with E-state index < -0.39 is 0 Å². The summed E-state index contributed by atoms with van der Waals surface area (Å²) in [6.07, 6.45) is 4.18. The molecule has 5 heteroatoms. The lowest BCUT2D eigenvalue weighted by molar-refractivity contribution is 1.18. The zero-order valence-electron chi connectivity index (χ0n) is 13.9. The van der Waals surface area contributed by atoms with Crippen LogP contribution >= 0.6 is 0 Å². The highest BCUT2D eigenvalue weighted by atomic mass is 15.3. The number of aliphatic imine (C=N–C) groups is 1. The van der Waals surface area contributed by atoms with Gasteiger partial charge in [0.15, 0.2) is 0 Å². The number of benzene rings is 2. The van der Waals surface area contributed by atoms with E-state index >= 15 is 0 Å². The number of amidine groups is 1. The zero-order valence-corrected chi connectivity index (χ0v) is 13.9. The summed E-state index contributed by atoms with van der Waals surface area (Å²) >= 11 is 0. The maximum absolute atomic E-state index is 5.31. The molecular formula is C20H19N5. The van der Waals surface area contributed by atoms with Gasteiger partial charge in [-0.05, 0) is 35.8 Å². The van der Waals surface area contributed by atoms with Gasteiger partial charge in [0.25, 0.3) is 0 Å². The molecule has 0 aliphatic heterocycles. The molecule has 0 saturated heterocycles. The van der Waals surface area contributed by atoms with Crippen molar-refractivity contribution in [2.45, 2.75) is 6.92 Å². The Morgan fingerprint density at radius 1 is 0.880 bits per heavy atom. The minimum Gasteiger partial charge on any atom is -0.369 e. The van der Waals surface area contributed by atoms with E-state index in [2.05, 4.69) is 33.4 Å². The number of nitrogens with zero attached hydrogens (tertiary/aromatic N) is 3. The molecule has 0 fully saturated rings. The highest BCUT2D eigenvalue weighted by Crippen LogP contribution is 2.37. The summed E-state index contributed by atoms with van der Waals surface area (Å²) in [4.78, 5) is 4.57. The summed E-state index contributed by atoms with van der Waals surface area (Å²) in [5.74, 6) is 0.385. The fourth-order valence-electron chi connectivity index (χ4n) is 2.37. The number of guanidine groups is 1. The van der Waals surface area contributed by atoms with Gasteiger partial charge in [0.1, 0.15) is 5.84 Å². The van der Waals surface area contributed by atoms with Crippen molar-refractivity contribution in [3.63, 3.8) is 0 Å². The maximum Gasteiger partial charge on any atom is 0.211 e. The van der Waals surface area contributed by atoms with Crippen LogP contribution in [0.3, 0.4) is 0 Å². The number of hydrogen-bond donors (Lipinski definition) is 2. The van der Waals surface area contributed by atoms with E-state index in [9.17, 15) is 0 Å². The third kappa shape index (κ3) is 4.51. The smallest absolute Gasteiger partial charge is 0.211 e. The molecule has 3 rings (SSSR count). The standard InChI is InChI=1S/C20H19N5/c1-14(24-25-20(21)22)23-19(16-10-6-3-7-11-16)13-17-12-18(17)15-8-4-2-5-9-15/h2-13H,1H3,(H4,21,22,25)/b17-13+,23-19-,24-14+. The average Bonchev–Trinajstić information content (AvgIpc) is 3.40. The van der Waals surface area contributed by atoms with E-state index in [4.69, 9.17) is 11.5 Å². The molecule has 0 atom stereocenters. The third-order valence-corrected chi connectivity index (χ3v) is 3.57. The molecule has 0 bridgehead atoms. The molecule has 0 spiro atoms. The lowest BCUT2D eigenvalue weighted by Crippen LogP contribution is -2.22. The van der Waals surface area contributed by atoms with Gasteiger partial charge in [-0.1, -0.05) is 60.7 Å². The quantitative estimate of drug-likeness (QED) is 0.513. The Morgan fingerprint density at radius 3 is 2.16 bits per heavy atom. The Labute approximate surface area is 146 Å². The summed E-state index contributed by atoms with van der Waals surface area (Å²) in [6.45, 7) is 1.76. The first-order chi connectivity index (χ1) is 12.1. The first-order valence-corrected chi connectivity index (χ1v) is 7.90. The maximum atomic E-state index is 5.31. The molecule has 2 aromatic carbocycles. The predicted octanol–water partition coefficient (Wildman–Crippen LogP) is 3.11. The van der Waals surface area contributed by atoms with Gasteiger partial charge in [-0.25, -0.2) is 4.99 Å². The molecule has 1 aliphatic carbocycles. The SMILES string of the molecule is CC(/N=C(/C=C1C=C\1c1ccccc1)c1ccccc1)=N\N=C(N)N. The largest absolute Gasteiger partial charge is 0.369 e. The molecule has 4 N–H and O–H groups in total. The van der Waals surface area contributed by atoms with Crippen molar-refractivity contribution >= 4 is 23.1 Å². The number of rotatable bonds is 4. The summed E-state index contributed by atoms with van der Waals surface area (Å²) in [6, 6.07) is 20.2. The van der Waals surface area contributed by atoms with Crippen molar-refractivity contribution < 1.29 is 0 Å².